The molecule has 3 amide bonds. The van der Waals surface area contributed by atoms with Gasteiger partial charge in [-0.05, 0) is 37.1 Å². The van der Waals surface area contributed by atoms with Gasteiger partial charge in [-0.1, -0.05) is 6.07 Å². The number of hydrogen-bond acceptors (Lipinski definition) is 5. The third-order valence-corrected chi connectivity index (χ3v) is 6.32. The van der Waals surface area contributed by atoms with Crippen molar-refractivity contribution < 1.29 is 9.59 Å². The second-order valence-corrected chi connectivity index (χ2v) is 8.29. The smallest absolute Gasteiger partial charge is 0.323 e. The number of amides is 3. The van der Waals surface area contributed by atoms with Gasteiger partial charge in [-0.2, -0.15) is 0 Å². The number of thiophene rings is 1. The number of piperazine rings is 1. The molecule has 1 aromatic heterocycles. The van der Waals surface area contributed by atoms with Crippen LogP contribution in [0.1, 0.15) is 24.6 Å². The van der Waals surface area contributed by atoms with Gasteiger partial charge in [0.2, 0.25) is 0 Å². The summed E-state index contributed by atoms with van der Waals surface area (Å²) in [6, 6.07) is 4.03. The highest BCUT2D eigenvalue weighted by molar-refractivity contribution is 7.09. The number of carbonyl (C=O) groups is 2. The topological polar surface area (TPSA) is 55.9 Å². The molecule has 0 aromatic carbocycles. The van der Waals surface area contributed by atoms with Crippen LogP contribution in [-0.2, 0) is 11.3 Å². The quantitative estimate of drug-likeness (QED) is 0.820. The first-order chi connectivity index (χ1) is 11.6. The average Bonchev–Trinajstić information content (AvgIpc) is 3.27. The fraction of sp³-hybridized carbons (Fsp3) is 0.647. The van der Waals surface area contributed by atoms with Crippen LogP contribution in [-0.4, -0.2) is 65.0 Å². The van der Waals surface area contributed by atoms with Gasteiger partial charge in [0.25, 0.3) is 5.91 Å². The summed E-state index contributed by atoms with van der Waals surface area (Å²) < 4.78 is 0. The molecule has 0 spiro atoms. The summed E-state index contributed by atoms with van der Waals surface area (Å²) >= 11 is 1.79. The summed E-state index contributed by atoms with van der Waals surface area (Å²) in [4.78, 5) is 32.4. The van der Waals surface area contributed by atoms with Crippen LogP contribution in [0.4, 0.5) is 4.79 Å². The summed E-state index contributed by atoms with van der Waals surface area (Å²) in [7, 11) is 0. The molecule has 1 aromatic rings. The fourth-order valence-corrected chi connectivity index (χ4v) is 4.44. The predicted octanol–water partition coefficient (Wildman–Crippen LogP) is 1.54. The molecular formula is C17H24N4O2S. The van der Waals surface area contributed by atoms with E-state index in [1.165, 1.54) is 9.78 Å². The van der Waals surface area contributed by atoms with Crippen LogP contribution in [0.2, 0.25) is 0 Å². The zero-order valence-corrected chi connectivity index (χ0v) is 14.8. The first kappa shape index (κ1) is 16.1. The van der Waals surface area contributed by atoms with Gasteiger partial charge in [0, 0.05) is 37.6 Å². The van der Waals surface area contributed by atoms with E-state index in [-0.39, 0.29) is 11.9 Å². The van der Waals surface area contributed by atoms with Gasteiger partial charge in [0.15, 0.2) is 0 Å². The minimum atomic E-state index is -0.669. The van der Waals surface area contributed by atoms with Crippen molar-refractivity contribution >= 4 is 23.3 Å². The third-order valence-electron chi connectivity index (χ3n) is 5.46. The van der Waals surface area contributed by atoms with Crippen molar-refractivity contribution in [1.29, 1.82) is 0 Å². The molecular weight excluding hydrogens is 324 g/mol. The van der Waals surface area contributed by atoms with Gasteiger partial charge in [-0.25, -0.2) is 9.69 Å². The van der Waals surface area contributed by atoms with Gasteiger partial charge in [-0.15, -0.1) is 11.3 Å². The van der Waals surface area contributed by atoms with E-state index in [4.69, 9.17) is 0 Å². The van der Waals surface area contributed by atoms with Gasteiger partial charge >= 0.3 is 6.03 Å². The van der Waals surface area contributed by atoms with E-state index in [1.807, 2.05) is 6.92 Å². The molecule has 0 bridgehead atoms. The molecule has 1 saturated carbocycles. The Morgan fingerprint density at radius 1 is 1.21 bits per heavy atom. The minimum absolute atomic E-state index is 0.0454. The lowest BCUT2D eigenvalue weighted by Gasteiger charge is -2.35. The molecule has 3 aliphatic rings. The molecule has 1 aliphatic carbocycles. The Balaban J connectivity index is 1.30. The Morgan fingerprint density at radius 3 is 2.54 bits per heavy atom. The standard InChI is InChI=1S/C17H24N4O2S/c1-17(13-4-5-13)15(22)21(16(23)18-17)12-20-8-6-19(7-9-20)11-14-3-2-10-24-14/h2-3,10,13H,4-9,11-12H2,1H3,(H,18,23)/t17-/m1/s1. The van der Waals surface area contributed by atoms with Crippen LogP contribution in [0.25, 0.3) is 0 Å². The van der Waals surface area contributed by atoms with Crippen molar-refractivity contribution in [1.82, 2.24) is 20.0 Å². The normalized spacial score (nSPS) is 29.3. The lowest BCUT2D eigenvalue weighted by atomic mass is 9.96. The first-order valence-corrected chi connectivity index (χ1v) is 9.55. The van der Waals surface area contributed by atoms with E-state index in [9.17, 15) is 9.59 Å². The minimum Gasteiger partial charge on any atom is -0.323 e. The highest BCUT2D eigenvalue weighted by Crippen LogP contribution is 2.42. The fourth-order valence-electron chi connectivity index (χ4n) is 3.69. The zero-order valence-electron chi connectivity index (χ0n) is 14.0. The highest BCUT2D eigenvalue weighted by Gasteiger charge is 2.56. The van der Waals surface area contributed by atoms with E-state index >= 15 is 0 Å². The second-order valence-electron chi connectivity index (χ2n) is 7.25. The van der Waals surface area contributed by atoms with Gasteiger partial charge < -0.3 is 5.32 Å². The summed E-state index contributed by atoms with van der Waals surface area (Å²) in [6.45, 7) is 7.02. The monoisotopic (exact) mass is 348 g/mol. The lowest BCUT2D eigenvalue weighted by Crippen LogP contribution is -2.51. The van der Waals surface area contributed by atoms with Crippen molar-refractivity contribution in [3.8, 4) is 0 Å². The van der Waals surface area contributed by atoms with E-state index < -0.39 is 5.54 Å². The number of urea groups is 1. The molecule has 2 aliphatic heterocycles. The third kappa shape index (κ3) is 2.96. The van der Waals surface area contributed by atoms with Crippen molar-refractivity contribution in [3.05, 3.63) is 22.4 Å². The zero-order chi connectivity index (χ0) is 16.7. The predicted molar refractivity (Wildman–Crippen MR) is 92.5 cm³/mol. The summed E-state index contributed by atoms with van der Waals surface area (Å²) in [5.41, 5.74) is -0.669. The van der Waals surface area contributed by atoms with Gasteiger partial charge in [-0.3, -0.25) is 14.6 Å². The maximum absolute atomic E-state index is 12.7. The molecule has 1 atom stereocenters. The highest BCUT2D eigenvalue weighted by atomic mass is 32.1. The Hall–Kier alpha value is -1.44. The molecule has 4 rings (SSSR count). The molecule has 2 saturated heterocycles. The van der Waals surface area contributed by atoms with Crippen LogP contribution < -0.4 is 5.32 Å². The molecule has 3 fully saturated rings. The largest absolute Gasteiger partial charge is 0.326 e. The number of hydrogen-bond donors (Lipinski definition) is 1. The van der Waals surface area contributed by atoms with Crippen molar-refractivity contribution in [3.63, 3.8) is 0 Å². The summed E-state index contributed by atoms with van der Waals surface area (Å²) in [5.74, 6) is 0.276. The molecule has 0 radical (unpaired) electrons. The maximum Gasteiger partial charge on any atom is 0.326 e. The van der Waals surface area contributed by atoms with Crippen LogP contribution in [0.3, 0.4) is 0 Å². The molecule has 7 heteroatoms. The van der Waals surface area contributed by atoms with Crippen molar-refractivity contribution in [2.45, 2.75) is 31.8 Å². The molecule has 1 N–H and O–H groups in total. The Labute approximate surface area is 146 Å². The molecule has 3 heterocycles. The van der Waals surface area contributed by atoms with E-state index in [0.29, 0.717) is 12.6 Å². The van der Waals surface area contributed by atoms with Gasteiger partial charge in [0.05, 0.1) is 6.67 Å². The lowest BCUT2D eigenvalue weighted by molar-refractivity contribution is -0.133. The number of imide groups is 1. The average molecular weight is 348 g/mol. The second kappa shape index (κ2) is 6.13. The van der Waals surface area contributed by atoms with Crippen molar-refractivity contribution in [2.75, 3.05) is 32.8 Å². The van der Waals surface area contributed by atoms with E-state index in [2.05, 4.69) is 32.6 Å². The summed E-state index contributed by atoms with van der Waals surface area (Å²) in [6.07, 6.45) is 2.08. The van der Waals surface area contributed by atoms with Gasteiger partial charge in [0.1, 0.15) is 5.54 Å². The van der Waals surface area contributed by atoms with Crippen LogP contribution in [0.5, 0.6) is 0 Å². The molecule has 0 unspecified atom stereocenters. The number of nitrogens with zero attached hydrogens (tertiary/aromatic N) is 3. The van der Waals surface area contributed by atoms with Crippen LogP contribution in [0.15, 0.2) is 17.5 Å². The van der Waals surface area contributed by atoms with Crippen LogP contribution >= 0.6 is 11.3 Å². The maximum atomic E-state index is 12.7. The first-order valence-electron chi connectivity index (χ1n) is 8.67. The number of rotatable bonds is 5. The Morgan fingerprint density at radius 2 is 1.92 bits per heavy atom. The molecule has 130 valence electrons. The van der Waals surface area contributed by atoms with E-state index in [1.54, 1.807) is 11.3 Å². The Bertz CT molecular complexity index is 623. The molecule has 6 nitrogen and oxygen atoms in total. The van der Waals surface area contributed by atoms with Crippen molar-refractivity contribution in [2.24, 2.45) is 5.92 Å². The Kier molecular flexibility index (Phi) is 4.10. The molecule has 24 heavy (non-hydrogen) atoms. The van der Waals surface area contributed by atoms with Crippen LogP contribution in [0, 0.1) is 5.92 Å². The number of nitrogens with one attached hydrogen (secondary N) is 1. The number of carbonyl (C=O) groups excluding carboxylic acids is 2. The SMILES string of the molecule is C[C@]1(C2CC2)NC(=O)N(CN2CCN(Cc3cccs3)CC2)C1=O. The summed E-state index contributed by atoms with van der Waals surface area (Å²) in [5, 5.41) is 5.03. The van der Waals surface area contributed by atoms with E-state index in [0.717, 1.165) is 45.6 Å².